The summed E-state index contributed by atoms with van der Waals surface area (Å²) in [6, 6.07) is 3.36. The van der Waals surface area contributed by atoms with Crippen molar-refractivity contribution < 1.29 is 14.3 Å². The van der Waals surface area contributed by atoms with Crippen molar-refractivity contribution in [1.82, 2.24) is 4.98 Å². The van der Waals surface area contributed by atoms with Crippen molar-refractivity contribution in [1.29, 1.82) is 0 Å². The average molecular weight is 274 g/mol. The molecule has 4 nitrogen and oxygen atoms in total. The predicted molar refractivity (Wildman–Crippen MR) is 58.7 cm³/mol. The number of aromatic nitrogens is 1. The van der Waals surface area contributed by atoms with Crippen LogP contribution < -0.4 is 0 Å². The molecule has 1 rings (SSSR count). The topological polar surface area (TPSA) is 48.4 Å². The Morgan fingerprint density at radius 2 is 2.27 bits per heavy atom. The molecule has 15 heavy (non-hydrogen) atoms. The number of nitrogens with zero attached hydrogens (tertiary/aromatic N) is 1. The van der Waals surface area contributed by atoms with E-state index >= 15 is 0 Å². The van der Waals surface area contributed by atoms with E-state index in [4.69, 9.17) is 9.47 Å². The molecule has 0 aliphatic carbocycles. The zero-order valence-corrected chi connectivity index (χ0v) is 9.99. The smallest absolute Gasteiger partial charge is 0.339 e. The molecule has 82 valence electrons. The summed E-state index contributed by atoms with van der Waals surface area (Å²) in [5, 5.41) is 0. The molecule has 0 N–H and O–H groups in total. The molecule has 1 aromatic rings. The minimum absolute atomic E-state index is 0.355. The van der Waals surface area contributed by atoms with Crippen molar-refractivity contribution in [3.05, 3.63) is 28.5 Å². The Kier molecular flexibility index (Phi) is 5.28. The number of carbonyl (C=O) groups excluding carboxylic acids is 1. The summed E-state index contributed by atoms with van der Waals surface area (Å²) in [7, 11) is 1.61. The van der Waals surface area contributed by atoms with Gasteiger partial charge in [0.1, 0.15) is 4.60 Å². The zero-order valence-electron chi connectivity index (χ0n) is 8.40. The fourth-order valence-electron chi connectivity index (χ4n) is 0.948. The summed E-state index contributed by atoms with van der Waals surface area (Å²) in [5.41, 5.74) is 0.454. The first-order valence-corrected chi connectivity index (χ1v) is 5.31. The van der Waals surface area contributed by atoms with Gasteiger partial charge >= 0.3 is 5.97 Å². The molecular formula is C10H12BrNO3. The zero-order chi connectivity index (χ0) is 11.1. The highest BCUT2D eigenvalue weighted by atomic mass is 79.9. The Balaban J connectivity index is 2.37. The van der Waals surface area contributed by atoms with E-state index in [-0.39, 0.29) is 5.97 Å². The molecule has 0 bridgehead atoms. The number of halogens is 1. The van der Waals surface area contributed by atoms with Crippen LogP contribution in [0.15, 0.2) is 22.9 Å². The summed E-state index contributed by atoms with van der Waals surface area (Å²) < 4.78 is 10.5. The van der Waals surface area contributed by atoms with Gasteiger partial charge in [-0.1, -0.05) is 0 Å². The lowest BCUT2D eigenvalue weighted by Gasteiger charge is -2.03. The fourth-order valence-corrected chi connectivity index (χ4v) is 1.18. The Morgan fingerprint density at radius 3 is 2.87 bits per heavy atom. The number of rotatable bonds is 5. The Labute approximate surface area is 96.7 Å². The van der Waals surface area contributed by atoms with E-state index in [2.05, 4.69) is 20.9 Å². The number of hydrogen-bond acceptors (Lipinski definition) is 4. The summed E-state index contributed by atoms with van der Waals surface area (Å²) in [6.45, 7) is 0.953. The highest BCUT2D eigenvalue weighted by Crippen LogP contribution is 2.07. The molecule has 0 aliphatic heterocycles. The van der Waals surface area contributed by atoms with Gasteiger partial charge in [0.05, 0.1) is 12.2 Å². The lowest BCUT2D eigenvalue weighted by molar-refractivity contribution is 0.0468. The fraction of sp³-hybridized carbons (Fsp3) is 0.400. The van der Waals surface area contributed by atoms with Gasteiger partial charge in [0.25, 0.3) is 0 Å². The first kappa shape index (κ1) is 12.1. The van der Waals surface area contributed by atoms with Crippen LogP contribution in [-0.4, -0.2) is 31.3 Å². The van der Waals surface area contributed by atoms with E-state index in [0.29, 0.717) is 29.8 Å². The highest BCUT2D eigenvalue weighted by molar-refractivity contribution is 9.10. The molecule has 0 amide bonds. The third kappa shape index (κ3) is 4.40. The van der Waals surface area contributed by atoms with Crippen LogP contribution in [0.2, 0.25) is 0 Å². The van der Waals surface area contributed by atoms with Crippen LogP contribution in [-0.2, 0) is 9.47 Å². The number of carbonyl (C=O) groups is 1. The lowest BCUT2D eigenvalue weighted by atomic mass is 10.3. The standard InChI is InChI=1S/C10H12BrNO3/c1-14-5-2-6-15-10(13)8-3-4-9(11)12-7-8/h3-4,7H,2,5-6H2,1H3. The van der Waals surface area contributed by atoms with Crippen LogP contribution in [0.3, 0.4) is 0 Å². The van der Waals surface area contributed by atoms with Gasteiger partial charge in [-0.2, -0.15) is 0 Å². The van der Waals surface area contributed by atoms with Crippen molar-refractivity contribution in [2.75, 3.05) is 20.3 Å². The minimum atomic E-state index is -0.355. The van der Waals surface area contributed by atoms with Crippen molar-refractivity contribution in [3.63, 3.8) is 0 Å². The van der Waals surface area contributed by atoms with E-state index in [9.17, 15) is 4.79 Å². The SMILES string of the molecule is COCCCOC(=O)c1ccc(Br)nc1. The number of ether oxygens (including phenoxy) is 2. The maximum atomic E-state index is 11.4. The van der Waals surface area contributed by atoms with Crippen LogP contribution in [0.1, 0.15) is 16.8 Å². The van der Waals surface area contributed by atoms with Crippen LogP contribution >= 0.6 is 15.9 Å². The van der Waals surface area contributed by atoms with Crippen molar-refractivity contribution >= 4 is 21.9 Å². The maximum Gasteiger partial charge on any atom is 0.339 e. The van der Waals surface area contributed by atoms with Crippen molar-refractivity contribution in [2.45, 2.75) is 6.42 Å². The molecule has 0 aromatic carbocycles. The molecule has 0 aliphatic rings. The Morgan fingerprint density at radius 1 is 1.47 bits per heavy atom. The number of esters is 1. The second kappa shape index (κ2) is 6.53. The molecular weight excluding hydrogens is 262 g/mol. The van der Waals surface area contributed by atoms with Gasteiger partial charge in [0, 0.05) is 26.3 Å². The van der Waals surface area contributed by atoms with E-state index in [1.165, 1.54) is 6.20 Å². The molecule has 5 heteroatoms. The van der Waals surface area contributed by atoms with Crippen LogP contribution in [0.5, 0.6) is 0 Å². The molecule has 0 atom stereocenters. The third-order valence-electron chi connectivity index (χ3n) is 1.69. The van der Waals surface area contributed by atoms with E-state index in [0.717, 1.165) is 0 Å². The Bertz CT molecular complexity index is 313. The molecule has 0 fully saturated rings. The van der Waals surface area contributed by atoms with Gasteiger partial charge < -0.3 is 9.47 Å². The Hall–Kier alpha value is -0.940. The van der Waals surface area contributed by atoms with Crippen molar-refractivity contribution in [3.8, 4) is 0 Å². The van der Waals surface area contributed by atoms with Gasteiger partial charge in [0.2, 0.25) is 0 Å². The second-order valence-corrected chi connectivity index (χ2v) is 3.66. The van der Waals surface area contributed by atoms with E-state index in [1.807, 2.05) is 0 Å². The lowest BCUT2D eigenvalue weighted by Crippen LogP contribution is -2.08. The van der Waals surface area contributed by atoms with Gasteiger partial charge in [-0.05, 0) is 28.1 Å². The minimum Gasteiger partial charge on any atom is -0.462 e. The van der Waals surface area contributed by atoms with Crippen LogP contribution in [0.25, 0.3) is 0 Å². The quantitative estimate of drug-likeness (QED) is 0.468. The highest BCUT2D eigenvalue weighted by Gasteiger charge is 2.06. The first-order chi connectivity index (χ1) is 7.24. The number of hydrogen-bond donors (Lipinski definition) is 0. The summed E-state index contributed by atoms with van der Waals surface area (Å²) in [6.07, 6.45) is 2.18. The van der Waals surface area contributed by atoms with Gasteiger partial charge in [-0.25, -0.2) is 9.78 Å². The molecule has 0 saturated carbocycles. The molecule has 0 spiro atoms. The monoisotopic (exact) mass is 273 g/mol. The largest absolute Gasteiger partial charge is 0.462 e. The van der Waals surface area contributed by atoms with Crippen LogP contribution in [0, 0.1) is 0 Å². The number of methoxy groups -OCH3 is 1. The van der Waals surface area contributed by atoms with E-state index in [1.54, 1.807) is 19.2 Å². The van der Waals surface area contributed by atoms with E-state index < -0.39 is 0 Å². The van der Waals surface area contributed by atoms with Gasteiger partial charge in [-0.3, -0.25) is 0 Å². The van der Waals surface area contributed by atoms with Gasteiger partial charge in [0.15, 0.2) is 0 Å². The normalized spacial score (nSPS) is 10.0. The summed E-state index contributed by atoms with van der Waals surface area (Å²) >= 11 is 3.19. The summed E-state index contributed by atoms with van der Waals surface area (Å²) in [4.78, 5) is 15.3. The van der Waals surface area contributed by atoms with Crippen molar-refractivity contribution in [2.24, 2.45) is 0 Å². The number of pyridine rings is 1. The molecule has 1 heterocycles. The second-order valence-electron chi connectivity index (χ2n) is 2.85. The average Bonchev–Trinajstić information content (AvgIpc) is 2.25. The molecule has 0 radical (unpaired) electrons. The maximum absolute atomic E-state index is 11.4. The van der Waals surface area contributed by atoms with Crippen LogP contribution in [0.4, 0.5) is 0 Å². The molecule has 1 aromatic heterocycles. The first-order valence-electron chi connectivity index (χ1n) is 4.51. The predicted octanol–water partition coefficient (Wildman–Crippen LogP) is 2.04. The molecule has 0 saturated heterocycles. The summed E-state index contributed by atoms with van der Waals surface area (Å²) in [5.74, 6) is -0.355. The third-order valence-corrected chi connectivity index (χ3v) is 2.16. The molecule has 0 unspecified atom stereocenters. The van der Waals surface area contributed by atoms with Gasteiger partial charge in [-0.15, -0.1) is 0 Å².